The smallest absolute Gasteiger partial charge is 0.322 e. The molecule has 0 amide bonds. The normalized spacial score (nSPS) is 20.6. The van der Waals surface area contributed by atoms with Crippen LogP contribution in [0.4, 0.5) is 4.39 Å². The van der Waals surface area contributed by atoms with E-state index < -0.39 is 27.9 Å². The average Bonchev–Trinajstić information content (AvgIpc) is 2.82. The zero-order valence-corrected chi connectivity index (χ0v) is 12.1. The number of hydrogen-bond donors (Lipinski definition) is 1. The van der Waals surface area contributed by atoms with E-state index in [9.17, 15) is 17.6 Å². The largest absolute Gasteiger partial charge is 0.480 e. The van der Waals surface area contributed by atoms with Crippen molar-refractivity contribution in [3.05, 3.63) is 28.5 Å². The van der Waals surface area contributed by atoms with E-state index in [-0.39, 0.29) is 22.3 Å². The van der Waals surface area contributed by atoms with Gasteiger partial charge in [0, 0.05) is 6.54 Å². The van der Waals surface area contributed by atoms with Gasteiger partial charge in [0.05, 0.1) is 9.37 Å². The van der Waals surface area contributed by atoms with E-state index in [1.54, 1.807) is 0 Å². The molecule has 1 N–H and O–H groups in total. The van der Waals surface area contributed by atoms with E-state index in [4.69, 9.17) is 5.11 Å². The molecule has 5 nitrogen and oxygen atoms in total. The lowest BCUT2D eigenvalue weighted by Crippen LogP contribution is -2.40. The van der Waals surface area contributed by atoms with Crippen molar-refractivity contribution in [2.24, 2.45) is 0 Å². The lowest BCUT2D eigenvalue weighted by Gasteiger charge is -2.21. The summed E-state index contributed by atoms with van der Waals surface area (Å²) in [5.41, 5.74) is 0. The highest BCUT2D eigenvalue weighted by molar-refractivity contribution is 9.10. The summed E-state index contributed by atoms with van der Waals surface area (Å²) in [4.78, 5) is 10.9. The second-order valence-electron chi connectivity index (χ2n) is 4.19. The van der Waals surface area contributed by atoms with Gasteiger partial charge >= 0.3 is 5.97 Å². The second kappa shape index (κ2) is 5.18. The van der Waals surface area contributed by atoms with Crippen molar-refractivity contribution >= 4 is 31.9 Å². The van der Waals surface area contributed by atoms with Crippen LogP contribution in [0.3, 0.4) is 0 Å². The minimum atomic E-state index is -3.92. The fourth-order valence-corrected chi connectivity index (χ4v) is 4.26. The molecular formula is C11H11BrFNO4S. The fourth-order valence-electron chi connectivity index (χ4n) is 2.05. The Morgan fingerprint density at radius 1 is 1.47 bits per heavy atom. The van der Waals surface area contributed by atoms with Gasteiger partial charge in [0.1, 0.15) is 11.9 Å². The summed E-state index contributed by atoms with van der Waals surface area (Å²) >= 11 is 2.92. The Morgan fingerprint density at radius 3 is 2.74 bits per heavy atom. The SMILES string of the molecule is O=C(O)[C@H]1CCCN1S(=O)(=O)c1ccc(F)c(Br)c1. The summed E-state index contributed by atoms with van der Waals surface area (Å²) < 4.78 is 38.8. The zero-order chi connectivity index (χ0) is 14.2. The van der Waals surface area contributed by atoms with Crippen LogP contribution in [0, 0.1) is 5.82 Å². The van der Waals surface area contributed by atoms with Crippen molar-refractivity contribution in [3.63, 3.8) is 0 Å². The van der Waals surface area contributed by atoms with Crippen LogP contribution in [0.1, 0.15) is 12.8 Å². The molecule has 104 valence electrons. The monoisotopic (exact) mass is 351 g/mol. The summed E-state index contributed by atoms with van der Waals surface area (Å²) in [6.45, 7) is 0.161. The van der Waals surface area contributed by atoms with Crippen LogP contribution < -0.4 is 0 Å². The van der Waals surface area contributed by atoms with Gasteiger partial charge in [0.25, 0.3) is 0 Å². The van der Waals surface area contributed by atoms with Crippen molar-refractivity contribution in [3.8, 4) is 0 Å². The van der Waals surface area contributed by atoms with Gasteiger partial charge in [-0.05, 0) is 47.0 Å². The fraction of sp³-hybridized carbons (Fsp3) is 0.364. The van der Waals surface area contributed by atoms with Gasteiger partial charge in [0.15, 0.2) is 0 Å². The predicted molar refractivity (Wildman–Crippen MR) is 68.6 cm³/mol. The Balaban J connectivity index is 2.42. The Labute approximate surface area is 118 Å². The van der Waals surface area contributed by atoms with Gasteiger partial charge in [-0.1, -0.05) is 0 Å². The molecule has 1 aromatic rings. The molecule has 0 saturated carbocycles. The number of carboxylic acids is 1. The number of carboxylic acid groups (broad SMARTS) is 1. The second-order valence-corrected chi connectivity index (χ2v) is 6.93. The first-order valence-corrected chi connectivity index (χ1v) is 7.77. The predicted octanol–water partition coefficient (Wildman–Crippen LogP) is 1.83. The number of aliphatic carboxylic acids is 1. The van der Waals surface area contributed by atoms with E-state index in [1.165, 1.54) is 0 Å². The van der Waals surface area contributed by atoms with Gasteiger partial charge in [-0.2, -0.15) is 4.31 Å². The minimum Gasteiger partial charge on any atom is -0.480 e. The molecule has 1 saturated heterocycles. The Kier molecular flexibility index (Phi) is 3.93. The van der Waals surface area contributed by atoms with Crippen LogP contribution in [-0.2, 0) is 14.8 Å². The summed E-state index contributed by atoms with van der Waals surface area (Å²) in [6.07, 6.45) is 0.787. The first kappa shape index (κ1) is 14.4. The number of nitrogens with zero attached hydrogens (tertiary/aromatic N) is 1. The molecule has 0 unspecified atom stereocenters. The first-order chi connectivity index (χ1) is 8.84. The molecule has 0 spiro atoms. The molecule has 0 radical (unpaired) electrons. The Bertz CT molecular complexity index is 619. The Morgan fingerprint density at radius 2 is 2.16 bits per heavy atom. The van der Waals surface area contributed by atoms with Crippen molar-refractivity contribution in [2.75, 3.05) is 6.54 Å². The molecule has 0 aliphatic carbocycles. The molecule has 1 aromatic carbocycles. The third-order valence-electron chi connectivity index (χ3n) is 2.99. The van der Waals surface area contributed by atoms with Crippen LogP contribution in [0.2, 0.25) is 0 Å². The van der Waals surface area contributed by atoms with E-state index in [2.05, 4.69) is 15.9 Å². The van der Waals surface area contributed by atoms with Gasteiger partial charge in [-0.3, -0.25) is 4.79 Å². The van der Waals surface area contributed by atoms with E-state index in [0.29, 0.717) is 6.42 Å². The van der Waals surface area contributed by atoms with Crippen molar-refractivity contribution in [1.29, 1.82) is 0 Å². The molecule has 1 aliphatic rings. The molecule has 0 aromatic heterocycles. The first-order valence-electron chi connectivity index (χ1n) is 5.54. The van der Waals surface area contributed by atoms with Gasteiger partial charge in [-0.15, -0.1) is 0 Å². The van der Waals surface area contributed by atoms with Crippen LogP contribution in [0.15, 0.2) is 27.6 Å². The molecule has 0 bridgehead atoms. The van der Waals surface area contributed by atoms with Crippen LogP contribution in [-0.4, -0.2) is 36.4 Å². The summed E-state index contributed by atoms with van der Waals surface area (Å²) in [5, 5.41) is 9.02. The molecule has 8 heteroatoms. The molecule has 1 heterocycles. The van der Waals surface area contributed by atoms with Crippen molar-refractivity contribution in [1.82, 2.24) is 4.31 Å². The molecule has 1 aliphatic heterocycles. The number of benzene rings is 1. The van der Waals surface area contributed by atoms with E-state index >= 15 is 0 Å². The standard InChI is InChI=1S/C11H11BrFNO4S/c12-8-6-7(3-4-9(8)13)19(17,18)14-5-1-2-10(14)11(15)16/h3-4,6,10H,1-2,5H2,(H,15,16)/t10-/m1/s1. The maximum Gasteiger partial charge on any atom is 0.322 e. The highest BCUT2D eigenvalue weighted by atomic mass is 79.9. The molecular weight excluding hydrogens is 341 g/mol. The van der Waals surface area contributed by atoms with Crippen molar-refractivity contribution < 1.29 is 22.7 Å². The number of sulfonamides is 1. The lowest BCUT2D eigenvalue weighted by molar-refractivity contribution is -0.140. The number of hydrogen-bond acceptors (Lipinski definition) is 3. The van der Waals surface area contributed by atoms with Crippen LogP contribution in [0.5, 0.6) is 0 Å². The summed E-state index contributed by atoms with van der Waals surface area (Å²) in [7, 11) is -3.92. The highest BCUT2D eigenvalue weighted by Crippen LogP contribution is 2.28. The topological polar surface area (TPSA) is 74.7 Å². The maximum absolute atomic E-state index is 13.1. The van der Waals surface area contributed by atoms with Gasteiger partial charge < -0.3 is 5.11 Å². The van der Waals surface area contributed by atoms with Gasteiger partial charge in [0.2, 0.25) is 10.0 Å². The number of rotatable bonds is 3. The lowest BCUT2D eigenvalue weighted by atomic mass is 10.2. The minimum absolute atomic E-state index is 0.0275. The van der Waals surface area contributed by atoms with Gasteiger partial charge in [-0.25, -0.2) is 12.8 Å². The number of halogens is 2. The molecule has 1 fully saturated rings. The quantitative estimate of drug-likeness (QED) is 0.901. The van der Waals surface area contributed by atoms with E-state index in [0.717, 1.165) is 22.5 Å². The molecule has 1 atom stereocenters. The zero-order valence-electron chi connectivity index (χ0n) is 9.71. The molecule has 19 heavy (non-hydrogen) atoms. The third-order valence-corrected chi connectivity index (χ3v) is 5.50. The highest BCUT2D eigenvalue weighted by Gasteiger charge is 2.39. The van der Waals surface area contributed by atoms with Crippen LogP contribution in [0.25, 0.3) is 0 Å². The third kappa shape index (κ3) is 2.65. The van der Waals surface area contributed by atoms with E-state index in [1.807, 2.05) is 0 Å². The Hall–Kier alpha value is -0.990. The molecule has 2 rings (SSSR count). The number of carbonyl (C=O) groups is 1. The van der Waals surface area contributed by atoms with Crippen LogP contribution >= 0.6 is 15.9 Å². The summed E-state index contributed by atoms with van der Waals surface area (Å²) in [6, 6.07) is 2.26. The average molecular weight is 352 g/mol. The summed E-state index contributed by atoms with van der Waals surface area (Å²) in [5.74, 6) is -1.74. The van der Waals surface area contributed by atoms with Crippen molar-refractivity contribution in [2.45, 2.75) is 23.8 Å². The maximum atomic E-state index is 13.1.